The van der Waals surface area contributed by atoms with Gasteiger partial charge in [0.05, 0.1) is 23.2 Å². The molecule has 0 aromatic heterocycles. The first kappa shape index (κ1) is 20.6. The molecule has 1 aliphatic heterocycles. The highest BCUT2D eigenvalue weighted by Crippen LogP contribution is 2.42. The van der Waals surface area contributed by atoms with Crippen LogP contribution in [0.15, 0.2) is 82.8 Å². The van der Waals surface area contributed by atoms with Gasteiger partial charge in [0, 0.05) is 15.7 Å². The van der Waals surface area contributed by atoms with E-state index in [4.69, 9.17) is 5.26 Å². The van der Waals surface area contributed by atoms with Gasteiger partial charge in [-0.2, -0.15) is 5.26 Å². The van der Waals surface area contributed by atoms with Crippen LogP contribution in [0.1, 0.15) is 28.3 Å². The van der Waals surface area contributed by atoms with Crippen LogP contribution in [0.25, 0.3) is 5.76 Å². The summed E-state index contributed by atoms with van der Waals surface area (Å²) >= 11 is 3.36. The van der Waals surface area contributed by atoms with E-state index in [0.717, 1.165) is 10.0 Å². The Balaban J connectivity index is 1.94. The number of hydrogen-bond acceptors (Lipinski definition) is 4. The monoisotopic (exact) mass is 472 g/mol. The van der Waals surface area contributed by atoms with Crippen molar-refractivity contribution in [3.63, 3.8) is 0 Å². The van der Waals surface area contributed by atoms with Crippen LogP contribution in [0.4, 0.5) is 5.69 Å². The second-order valence-corrected chi connectivity index (χ2v) is 8.16. The minimum atomic E-state index is -0.795. The van der Waals surface area contributed by atoms with Crippen molar-refractivity contribution in [2.45, 2.75) is 13.0 Å². The van der Waals surface area contributed by atoms with Crippen molar-refractivity contribution >= 4 is 39.1 Å². The minimum absolute atomic E-state index is 0.0299. The molecule has 3 aromatic carbocycles. The van der Waals surface area contributed by atoms with Crippen LogP contribution in [0.3, 0.4) is 0 Å². The zero-order valence-electron chi connectivity index (χ0n) is 16.5. The molecule has 1 N–H and O–H groups in total. The highest BCUT2D eigenvalue weighted by atomic mass is 79.9. The number of aliphatic hydroxyl groups excluding tert-OH is 1. The summed E-state index contributed by atoms with van der Waals surface area (Å²) in [6, 6.07) is 22.1. The van der Waals surface area contributed by atoms with Gasteiger partial charge in [-0.15, -0.1) is 0 Å². The molecule has 4 rings (SSSR count). The minimum Gasteiger partial charge on any atom is -0.507 e. The topological polar surface area (TPSA) is 81.4 Å². The van der Waals surface area contributed by atoms with E-state index in [1.54, 1.807) is 48.5 Å². The number of aliphatic hydroxyl groups is 1. The molecule has 6 heteroatoms. The van der Waals surface area contributed by atoms with Crippen molar-refractivity contribution < 1.29 is 14.7 Å². The van der Waals surface area contributed by atoms with Crippen molar-refractivity contribution in [1.82, 2.24) is 0 Å². The molecule has 0 aliphatic carbocycles. The number of amides is 1. The van der Waals surface area contributed by atoms with Gasteiger partial charge < -0.3 is 5.11 Å². The number of anilines is 1. The van der Waals surface area contributed by atoms with Gasteiger partial charge in [-0.25, -0.2) is 0 Å². The van der Waals surface area contributed by atoms with Gasteiger partial charge in [0.25, 0.3) is 11.7 Å². The Labute approximate surface area is 188 Å². The maximum Gasteiger partial charge on any atom is 0.300 e. The smallest absolute Gasteiger partial charge is 0.300 e. The van der Waals surface area contributed by atoms with E-state index in [1.807, 2.05) is 37.3 Å². The van der Waals surface area contributed by atoms with Crippen molar-refractivity contribution in [1.29, 1.82) is 5.26 Å². The maximum absolute atomic E-state index is 13.1. The van der Waals surface area contributed by atoms with E-state index in [-0.39, 0.29) is 11.3 Å². The summed E-state index contributed by atoms with van der Waals surface area (Å²) in [5, 5.41) is 20.1. The summed E-state index contributed by atoms with van der Waals surface area (Å²) in [4.78, 5) is 27.6. The Morgan fingerprint density at radius 1 is 1.03 bits per heavy atom. The molecular formula is C25H17BrN2O3. The van der Waals surface area contributed by atoms with E-state index in [0.29, 0.717) is 22.4 Å². The quantitative estimate of drug-likeness (QED) is 0.320. The van der Waals surface area contributed by atoms with Gasteiger partial charge in [0.1, 0.15) is 5.76 Å². The molecule has 1 unspecified atom stereocenters. The number of nitrogens with zero attached hydrogens (tertiary/aromatic N) is 2. The standard InChI is InChI=1S/C25H17BrN2O3/c1-15-3-2-4-18(13-15)22-21(23(29)17-7-9-19(26)10-8-17)24(30)25(31)28(22)20-11-5-16(14-27)6-12-20/h2-13,22,29H,1H3/b23-21-. The Morgan fingerprint density at radius 3 is 2.32 bits per heavy atom. The number of aryl methyl sites for hydroxylation is 1. The van der Waals surface area contributed by atoms with E-state index in [2.05, 4.69) is 15.9 Å². The summed E-state index contributed by atoms with van der Waals surface area (Å²) < 4.78 is 0.831. The van der Waals surface area contributed by atoms with Crippen molar-refractivity contribution in [2.75, 3.05) is 4.90 Å². The van der Waals surface area contributed by atoms with Crippen LogP contribution in [-0.4, -0.2) is 16.8 Å². The second-order valence-electron chi connectivity index (χ2n) is 7.25. The number of nitriles is 1. The first-order chi connectivity index (χ1) is 14.9. The lowest BCUT2D eigenvalue weighted by Gasteiger charge is -2.25. The number of halogens is 1. The molecule has 5 nitrogen and oxygen atoms in total. The summed E-state index contributed by atoms with van der Waals surface area (Å²) in [6.07, 6.45) is 0. The van der Waals surface area contributed by atoms with Crippen molar-refractivity contribution in [3.05, 3.63) is 105 Å². The van der Waals surface area contributed by atoms with Crippen LogP contribution < -0.4 is 4.90 Å². The average Bonchev–Trinajstić information content (AvgIpc) is 3.04. The van der Waals surface area contributed by atoms with Crippen molar-refractivity contribution in [2.24, 2.45) is 0 Å². The van der Waals surface area contributed by atoms with Gasteiger partial charge >= 0.3 is 0 Å². The third kappa shape index (κ3) is 3.76. The lowest BCUT2D eigenvalue weighted by molar-refractivity contribution is -0.132. The SMILES string of the molecule is Cc1cccc(C2/C(=C(/O)c3ccc(Br)cc3)C(=O)C(=O)N2c2ccc(C#N)cc2)c1. The molecule has 1 saturated heterocycles. The number of rotatable bonds is 3. The molecular weight excluding hydrogens is 456 g/mol. The fourth-order valence-corrected chi connectivity index (χ4v) is 3.98. The number of carbonyl (C=O) groups excluding carboxylic acids is 2. The van der Waals surface area contributed by atoms with Crippen LogP contribution in [0, 0.1) is 18.3 Å². The molecule has 1 aliphatic rings. The van der Waals surface area contributed by atoms with Crippen molar-refractivity contribution in [3.8, 4) is 6.07 Å². The molecule has 0 radical (unpaired) electrons. The van der Waals surface area contributed by atoms with Gasteiger partial charge in [-0.3, -0.25) is 14.5 Å². The van der Waals surface area contributed by atoms with Gasteiger partial charge in [-0.1, -0.05) is 57.9 Å². The number of Topliss-reactive ketones (excluding diaryl/α,β-unsaturated/α-hetero) is 1. The zero-order chi connectivity index (χ0) is 22.1. The first-order valence-corrected chi connectivity index (χ1v) is 10.3. The number of carbonyl (C=O) groups is 2. The molecule has 0 bridgehead atoms. The summed E-state index contributed by atoms with van der Waals surface area (Å²) in [7, 11) is 0. The Kier molecular flexibility index (Phi) is 5.45. The van der Waals surface area contributed by atoms with Gasteiger partial charge in [0.2, 0.25) is 0 Å². The lowest BCUT2D eigenvalue weighted by Crippen LogP contribution is -2.29. The molecule has 1 fully saturated rings. The first-order valence-electron chi connectivity index (χ1n) is 9.54. The van der Waals surface area contributed by atoms with Gasteiger partial charge in [-0.05, 0) is 48.9 Å². The molecule has 31 heavy (non-hydrogen) atoms. The molecule has 0 saturated carbocycles. The third-order valence-electron chi connectivity index (χ3n) is 5.19. The van der Waals surface area contributed by atoms with E-state index in [9.17, 15) is 14.7 Å². The Hall–Kier alpha value is -3.69. The van der Waals surface area contributed by atoms with E-state index in [1.165, 1.54) is 4.90 Å². The van der Waals surface area contributed by atoms with Crippen LogP contribution >= 0.6 is 15.9 Å². The summed E-state index contributed by atoms with van der Waals surface area (Å²) in [6.45, 7) is 1.92. The average molecular weight is 473 g/mol. The van der Waals surface area contributed by atoms with Gasteiger partial charge in [0.15, 0.2) is 0 Å². The number of ketones is 1. The predicted octanol–water partition coefficient (Wildman–Crippen LogP) is 5.26. The summed E-state index contributed by atoms with van der Waals surface area (Å²) in [5.41, 5.74) is 3.07. The molecule has 1 atom stereocenters. The highest BCUT2D eigenvalue weighted by Gasteiger charge is 2.46. The van der Waals surface area contributed by atoms with Crippen LogP contribution in [0.2, 0.25) is 0 Å². The van der Waals surface area contributed by atoms with Crippen LogP contribution in [0.5, 0.6) is 0 Å². The molecule has 0 spiro atoms. The summed E-state index contributed by atoms with van der Waals surface area (Å²) in [5.74, 6) is -1.71. The molecule has 3 aromatic rings. The van der Waals surface area contributed by atoms with E-state index < -0.39 is 17.7 Å². The fraction of sp³-hybridized carbons (Fsp3) is 0.0800. The molecule has 152 valence electrons. The Bertz CT molecular complexity index is 1260. The maximum atomic E-state index is 13.1. The van der Waals surface area contributed by atoms with E-state index >= 15 is 0 Å². The normalized spacial score (nSPS) is 17.6. The third-order valence-corrected chi connectivity index (χ3v) is 5.72. The molecule has 1 amide bonds. The van der Waals surface area contributed by atoms with Crippen LogP contribution in [-0.2, 0) is 9.59 Å². The highest BCUT2D eigenvalue weighted by molar-refractivity contribution is 9.10. The number of hydrogen-bond donors (Lipinski definition) is 1. The largest absolute Gasteiger partial charge is 0.507 e. The second kappa shape index (κ2) is 8.21. The molecule has 1 heterocycles. The predicted molar refractivity (Wildman–Crippen MR) is 121 cm³/mol. The Morgan fingerprint density at radius 2 is 1.71 bits per heavy atom. The lowest BCUT2D eigenvalue weighted by atomic mass is 9.94. The number of benzene rings is 3. The fourth-order valence-electron chi connectivity index (χ4n) is 3.71. The zero-order valence-corrected chi connectivity index (χ0v) is 18.1.